The van der Waals surface area contributed by atoms with Gasteiger partial charge in [0.2, 0.25) is 0 Å². The van der Waals surface area contributed by atoms with Crippen LogP contribution in [0.4, 0.5) is 0 Å². The number of hydrogen-bond acceptors (Lipinski definition) is 3. The zero-order chi connectivity index (χ0) is 8.44. The van der Waals surface area contributed by atoms with E-state index >= 15 is 0 Å². The lowest BCUT2D eigenvalue weighted by Gasteiger charge is -2.45. The molecule has 0 amide bonds. The number of rotatable bonds is 4. The van der Waals surface area contributed by atoms with Crippen LogP contribution in [0.5, 0.6) is 0 Å². The molecule has 1 aliphatic carbocycles. The van der Waals surface area contributed by atoms with Crippen LogP contribution in [0.3, 0.4) is 0 Å². The summed E-state index contributed by atoms with van der Waals surface area (Å²) < 4.78 is 11.0. The maximum Gasteiger partial charge on any atom is 0.105 e. The molecular formula is C9H17NO2. The summed E-state index contributed by atoms with van der Waals surface area (Å²) in [6, 6.07) is 0. The summed E-state index contributed by atoms with van der Waals surface area (Å²) in [6.07, 6.45) is 5.07. The van der Waals surface area contributed by atoms with Gasteiger partial charge in [-0.25, -0.2) is 0 Å². The first-order chi connectivity index (χ1) is 5.85. The molecule has 2 aliphatic rings. The van der Waals surface area contributed by atoms with Gasteiger partial charge in [-0.05, 0) is 32.2 Å². The summed E-state index contributed by atoms with van der Waals surface area (Å²) >= 11 is 0. The first-order valence-electron chi connectivity index (χ1n) is 4.80. The molecule has 0 bridgehead atoms. The Hall–Kier alpha value is -0.120. The fraction of sp³-hybridized carbons (Fsp3) is 1.00. The molecule has 0 aromatic heterocycles. The van der Waals surface area contributed by atoms with E-state index < -0.39 is 0 Å². The Kier molecular flexibility index (Phi) is 2.35. The van der Waals surface area contributed by atoms with E-state index in [9.17, 15) is 0 Å². The van der Waals surface area contributed by atoms with Crippen molar-refractivity contribution in [3.63, 3.8) is 0 Å². The number of nitrogens with two attached hydrogens (primary N) is 1. The predicted octanol–water partition coefficient (Wildman–Crippen LogP) is 0.673. The van der Waals surface area contributed by atoms with E-state index in [-0.39, 0.29) is 5.60 Å². The third-order valence-electron chi connectivity index (χ3n) is 2.89. The van der Waals surface area contributed by atoms with Gasteiger partial charge in [-0.2, -0.15) is 0 Å². The predicted molar refractivity (Wildman–Crippen MR) is 45.9 cm³/mol. The molecule has 2 rings (SSSR count). The molecule has 1 saturated carbocycles. The summed E-state index contributed by atoms with van der Waals surface area (Å²) in [7, 11) is 0. The number of hydrogen-bond donors (Lipinski definition) is 1. The van der Waals surface area contributed by atoms with Crippen LogP contribution in [0.15, 0.2) is 0 Å². The third kappa shape index (κ3) is 1.49. The Bertz CT molecular complexity index is 153. The standard InChI is InChI=1S/C9H17NO2/c10-5-4-9(2-1-3-9)12-8-6-11-7-8/h8H,1-7,10H2. The maximum atomic E-state index is 5.95. The van der Waals surface area contributed by atoms with E-state index in [1.807, 2.05) is 0 Å². The lowest BCUT2D eigenvalue weighted by Crippen LogP contribution is -2.50. The molecule has 70 valence electrons. The monoisotopic (exact) mass is 171 g/mol. The van der Waals surface area contributed by atoms with Crippen LogP contribution in [0.2, 0.25) is 0 Å². The van der Waals surface area contributed by atoms with E-state index in [4.69, 9.17) is 15.2 Å². The highest BCUT2D eigenvalue weighted by Crippen LogP contribution is 2.39. The van der Waals surface area contributed by atoms with Gasteiger partial charge in [-0.1, -0.05) is 0 Å². The normalized spacial score (nSPS) is 27.8. The molecular weight excluding hydrogens is 154 g/mol. The largest absolute Gasteiger partial charge is 0.376 e. The molecule has 0 aromatic rings. The summed E-state index contributed by atoms with van der Waals surface area (Å²) in [5, 5.41) is 0. The Balaban J connectivity index is 1.80. The van der Waals surface area contributed by atoms with Crippen LogP contribution >= 0.6 is 0 Å². The summed E-state index contributed by atoms with van der Waals surface area (Å²) in [6.45, 7) is 2.31. The fourth-order valence-corrected chi connectivity index (χ4v) is 1.90. The molecule has 1 heterocycles. The van der Waals surface area contributed by atoms with Crippen molar-refractivity contribution in [1.82, 2.24) is 0 Å². The first kappa shape index (κ1) is 8.48. The first-order valence-corrected chi connectivity index (χ1v) is 4.80. The maximum absolute atomic E-state index is 5.95. The van der Waals surface area contributed by atoms with Crippen molar-refractivity contribution in [2.45, 2.75) is 37.4 Å². The van der Waals surface area contributed by atoms with E-state index in [0.717, 1.165) is 26.2 Å². The Labute approximate surface area is 73.2 Å². The van der Waals surface area contributed by atoms with E-state index in [1.165, 1.54) is 19.3 Å². The van der Waals surface area contributed by atoms with Gasteiger partial charge in [0.25, 0.3) is 0 Å². The molecule has 3 heteroatoms. The second kappa shape index (κ2) is 3.32. The van der Waals surface area contributed by atoms with Crippen molar-refractivity contribution >= 4 is 0 Å². The summed E-state index contributed by atoms with van der Waals surface area (Å²) in [4.78, 5) is 0. The lowest BCUT2D eigenvalue weighted by atomic mass is 9.77. The van der Waals surface area contributed by atoms with Gasteiger partial charge in [0.15, 0.2) is 0 Å². The Morgan fingerprint density at radius 3 is 2.50 bits per heavy atom. The van der Waals surface area contributed by atoms with Crippen LogP contribution in [-0.4, -0.2) is 31.5 Å². The molecule has 1 saturated heterocycles. The van der Waals surface area contributed by atoms with Crippen molar-refractivity contribution in [3.8, 4) is 0 Å². The van der Waals surface area contributed by atoms with Crippen LogP contribution in [0, 0.1) is 0 Å². The van der Waals surface area contributed by atoms with Gasteiger partial charge in [-0.15, -0.1) is 0 Å². The van der Waals surface area contributed by atoms with E-state index in [0.29, 0.717) is 6.10 Å². The van der Waals surface area contributed by atoms with Crippen LogP contribution in [0.1, 0.15) is 25.7 Å². The molecule has 0 radical (unpaired) electrons. The lowest BCUT2D eigenvalue weighted by molar-refractivity contribution is -0.217. The van der Waals surface area contributed by atoms with Gasteiger partial charge < -0.3 is 15.2 Å². The molecule has 0 spiro atoms. The van der Waals surface area contributed by atoms with Crippen molar-refractivity contribution in [1.29, 1.82) is 0 Å². The highest BCUT2D eigenvalue weighted by atomic mass is 16.6. The second-order valence-corrected chi connectivity index (χ2v) is 3.85. The summed E-state index contributed by atoms with van der Waals surface area (Å²) in [5.74, 6) is 0. The molecule has 1 aliphatic heterocycles. The summed E-state index contributed by atoms with van der Waals surface area (Å²) in [5.41, 5.74) is 5.69. The highest BCUT2D eigenvalue weighted by molar-refractivity contribution is 4.91. The van der Waals surface area contributed by atoms with Gasteiger partial charge in [-0.3, -0.25) is 0 Å². The zero-order valence-corrected chi connectivity index (χ0v) is 7.42. The topological polar surface area (TPSA) is 44.5 Å². The molecule has 3 nitrogen and oxygen atoms in total. The highest BCUT2D eigenvalue weighted by Gasteiger charge is 2.40. The van der Waals surface area contributed by atoms with Crippen molar-refractivity contribution < 1.29 is 9.47 Å². The van der Waals surface area contributed by atoms with Crippen molar-refractivity contribution in [3.05, 3.63) is 0 Å². The molecule has 2 N–H and O–H groups in total. The van der Waals surface area contributed by atoms with E-state index in [2.05, 4.69) is 0 Å². The Morgan fingerprint density at radius 2 is 2.17 bits per heavy atom. The quantitative estimate of drug-likeness (QED) is 0.676. The average Bonchev–Trinajstić information content (AvgIpc) is 1.91. The van der Waals surface area contributed by atoms with Crippen LogP contribution in [0.25, 0.3) is 0 Å². The minimum atomic E-state index is 0.142. The van der Waals surface area contributed by atoms with Gasteiger partial charge in [0, 0.05) is 0 Å². The second-order valence-electron chi connectivity index (χ2n) is 3.85. The van der Waals surface area contributed by atoms with E-state index in [1.54, 1.807) is 0 Å². The molecule has 2 fully saturated rings. The molecule has 0 atom stereocenters. The van der Waals surface area contributed by atoms with Gasteiger partial charge in [0.05, 0.1) is 18.8 Å². The van der Waals surface area contributed by atoms with Crippen molar-refractivity contribution in [2.75, 3.05) is 19.8 Å². The SMILES string of the molecule is NCCC1(OC2COC2)CCC1. The van der Waals surface area contributed by atoms with Crippen molar-refractivity contribution in [2.24, 2.45) is 5.73 Å². The third-order valence-corrected chi connectivity index (χ3v) is 2.89. The molecule has 0 unspecified atom stereocenters. The van der Waals surface area contributed by atoms with Crippen LogP contribution < -0.4 is 5.73 Å². The van der Waals surface area contributed by atoms with Gasteiger partial charge >= 0.3 is 0 Å². The number of ether oxygens (including phenoxy) is 2. The minimum Gasteiger partial charge on any atom is -0.376 e. The van der Waals surface area contributed by atoms with Crippen LogP contribution in [-0.2, 0) is 9.47 Å². The Morgan fingerprint density at radius 1 is 1.42 bits per heavy atom. The smallest absolute Gasteiger partial charge is 0.105 e. The minimum absolute atomic E-state index is 0.142. The molecule has 12 heavy (non-hydrogen) atoms. The van der Waals surface area contributed by atoms with Gasteiger partial charge in [0.1, 0.15) is 6.10 Å². The molecule has 0 aromatic carbocycles. The fourth-order valence-electron chi connectivity index (χ4n) is 1.90. The zero-order valence-electron chi connectivity index (χ0n) is 7.42. The average molecular weight is 171 g/mol.